The summed E-state index contributed by atoms with van der Waals surface area (Å²) >= 11 is 1.55. The lowest BCUT2D eigenvalue weighted by Gasteiger charge is -2.28. The molecule has 0 aromatic heterocycles. The van der Waals surface area contributed by atoms with Gasteiger partial charge in [0.2, 0.25) is 23.6 Å². The lowest BCUT2D eigenvalue weighted by molar-refractivity contribution is -0.143. The van der Waals surface area contributed by atoms with E-state index in [-0.39, 0.29) is 12.3 Å². The number of thioether (sulfide) groups is 1. The summed E-state index contributed by atoms with van der Waals surface area (Å²) in [5.41, 5.74) is 16.5. The van der Waals surface area contributed by atoms with Crippen LogP contribution >= 0.6 is 11.8 Å². The number of unbranched alkanes of at least 4 members (excludes halogenated alkanes) is 1. The van der Waals surface area contributed by atoms with E-state index >= 15 is 0 Å². The maximum atomic E-state index is 13.1. The Morgan fingerprint density at radius 1 is 0.941 bits per heavy atom. The van der Waals surface area contributed by atoms with Crippen molar-refractivity contribution in [3.63, 3.8) is 0 Å². The molecule has 10 N–H and O–H groups in total. The van der Waals surface area contributed by atoms with Gasteiger partial charge in [0.25, 0.3) is 0 Å². The molecule has 0 radical (unpaired) electrons. The highest BCUT2D eigenvalue weighted by molar-refractivity contribution is 7.98. The van der Waals surface area contributed by atoms with Crippen molar-refractivity contribution in [1.29, 1.82) is 0 Å². The third kappa shape index (κ3) is 12.2. The molecule has 12 nitrogen and oxygen atoms in total. The number of carbonyl (C=O) groups is 5. The molecule has 0 fully saturated rings. The Morgan fingerprint density at radius 3 is 2.06 bits per heavy atom. The molecule has 5 atom stereocenters. The van der Waals surface area contributed by atoms with Crippen LogP contribution in [0.3, 0.4) is 0 Å². The first-order valence-corrected chi connectivity index (χ1v) is 12.7. The molecule has 0 aliphatic heterocycles. The smallest absolute Gasteiger partial charge is 0.326 e. The molecule has 0 spiro atoms. The second-order valence-electron chi connectivity index (χ2n) is 8.18. The number of carboxylic acid groups (broad SMARTS) is 1. The maximum absolute atomic E-state index is 13.1. The second kappa shape index (κ2) is 17.1. The summed E-state index contributed by atoms with van der Waals surface area (Å²) < 4.78 is 0. The zero-order chi connectivity index (χ0) is 26.3. The van der Waals surface area contributed by atoms with Crippen LogP contribution in [0.5, 0.6) is 0 Å². The van der Waals surface area contributed by atoms with Crippen LogP contribution in [0.1, 0.15) is 52.4 Å². The summed E-state index contributed by atoms with van der Waals surface area (Å²) in [7, 11) is 0. The van der Waals surface area contributed by atoms with Gasteiger partial charge < -0.3 is 38.3 Å². The summed E-state index contributed by atoms with van der Waals surface area (Å²) in [5, 5.41) is 16.8. The van der Waals surface area contributed by atoms with Crippen molar-refractivity contribution in [3.05, 3.63) is 0 Å². The van der Waals surface area contributed by atoms with Crippen LogP contribution in [0, 0.1) is 5.92 Å². The molecule has 0 saturated carbocycles. The van der Waals surface area contributed by atoms with Gasteiger partial charge in [-0.15, -0.1) is 0 Å². The SMILES string of the molecule is CCC(C)C(NC(=O)C(N)CCSC)C(=O)NC(CCCCN)C(=O)NC(CC(N)=O)C(=O)O. The van der Waals surface area contributed by atoms with Crippen LogP contribution in [0.2, 0.25) is 0 Å². The minimum absolute atomic E-state index is 0.187. The molecule has 13 heteroatoms. The number of amides is 4. The van der Waals surface area contributed by atoms with Gasteiger partial charge in [0, 0.05) is 0 Å². The monoisotopic (exact) mass is 504 g/mol. The molecule has 0 aromatic rings. The molecule has 5 unspecified atom stereocenters. The molecule has 0 aliphatic rings. The average molecular weight is 505 g/mol. The average Bonchev–Trinajstić information content (AvgIpc) is 2.78. The molecule has 0 heterocycles. The fourth-order valence-corrected chi connectivity index (χ4v) is 3.52. The Labute approximate surface area is 204 Å². The Balaban J connectivity index is 5.53. The van der Waals surface area contributed by atoms with Gasteiger partial charge in [-0.2, -0.15) is 11.8 Å². The summed E-state index contributed by atoms with van der Waals surface area (Å²) in [6, 6.07) is -4.34. The highest BCUT2D eigenvalue weighted by atomic mass is 32.2. The second-order valence-corrected chi connectivity index (χ2v) is 9.16. The molecule has 196 valence electrons. The van der Waals surface area contributed by atoms with Crippen molar-refractivity contribution >= 4 is 41.4 Å². The highest BCUT2D eigenvalue weighted by Gasteiger charge is 2.32. The van der Waals surface area contributed by atoms with Crippen molar-refractivity contribution in [2.45, 2.75) is 76.5 Å². The molecule has 0 aromatic carbocycles. The summed E-state index contributed by atoms with van der Waals surface area (Å²) in [5.74, 6) is -3.72. The van der Waals surface area contributed by atoms with Crippen LogP contribution in [-0.4, -0.2) is 77.4 Å². The van der Waals surface area contributed by atoms with Crippen LogP contribution < -0.4 is 33.2 Å². The molecule has 0 saturated heterocycles. The van der Waals surface area contributed by atoms with Crippen LogP contribution in [0.15, 0.2) is 0 Å². The lowest BCUT2D eigenvalue weighted by Crippen LogP contribution is -2.58. The van der Waals surface area contributed by atoms with E-state index in [4.69, 9.17) is 17.2 Å². The van der Waals surface area contributed by atoms with E-state index < -0.39 is 60.2 Å². The number of nitrogens with one attached hydrogen (secondary N) is 3. The number of carbonyl (C=O) groups excluding carboxylic acids is 4. The van der Waals surface area contributed by atoms with Gasteiger partial charge in [0.15, 0.2) is 0 Å². The van der Waals surface area contributed by atoms with Gasteiger partial charge in [0.1, 0.15) is 18.1 Å². The van der Waals surface area contributed by atoms with E-state index in [2.05, 4.69) is 16.0 Å². The van der Waals surface area contributed by atoms with Crippen molar-refractivity contribution in [2.24, 2.45) is 23.1 Å². The number of nitrogens with two attached hydrogens (primary N) is 3. The third-order valence-electron chi connectivity index (χ3n) is 5.36. The van der Waals surface area contributed by atoms with Gasteiger partial charge in [-0.25, -0.2) is 4.79 Å². The number of hydrogen-bond donors (Lipinski definition) is 7. The van der Waals surface area contributed by atoms with E-state index in [0.29, 0.717) is 38.0 Å². The van der Waals surface area contributed by atoms with Gasteiger partial charge >= 0.3 is 5.97 Å². The Hall–Kier alpha value is -2.38. The largest absolute Gasteiger partial charge is 0.480 e. The fraction of sp³-hybridized carbons (Fsp3) is 0.762. The Morgan fingerprint density at radius 2 is 1.56 bits per heavy atom. The van der Waals surface area contributed by atoms with E-state index in [1.165, 1.54) is 0 Å². The van der Waals surface area contributed by atoms with Crippen molar-refractivity contribution < 1.29 is 29.1 Å². The quantitative estimate of drug-likeness (QED) is 0.110. The molecule has 0 bridgehead atoms. The van der Waals surface area contributed by atoms with Crippen molar-refractivity contribution in [3.8, 4) is 0 Å². The first-order chi connectivity index (χ1) is 16.0. The molecule has 0 rings (SSSR count). The van der Waals surface area contributed by atoms with Crippen LogP contribution in [0.25, 0.3) is 0 Å². The highest BCUT2D eigenvalue weighted by Crippen LogP contribution is 2.11. The van der Waals surface area contributed by atoms with Gasteiger partial charge in [0.05, 0.1) is 12.5 Å². The van der Waals surface area contributed by atoms with Crippen molar-refractivity contribution in [1.82, 2.24) is 16.0 Å². The Kier molecular flexibility index (Phi) is 15.9. The Bertz CT molecular complexity index is 695. The van der Waals surface area contributed by atoms with Crippen LogP contribution in [0.4, 0.5) is 0 Å². The minimum atomic E-state index is -1.53. The summed E-state index contributed by atoms with van der Waals surface area (Å²) in [6.07, 6.45) is 3.58. The van der Waals surface area contributed by atoms with Gasteiger partial charge in [-0.05, 0) is 50.2 Å². The molecular weight excluding hydrogens is 464 g/mol. The first kappa shape index (κ1) is 31.6. The molecule has 4 amide bonds. The topological polar surface area (TPSA) is 220 Å². The zero-order valence-electron chi connectivity index (χ0n) is 20.2. The number of hydrogen-bond acceptors (Lipinski definition) is 8. The number of primary amides is 1. The molecule has 34 heavy (non-hydrogen) atoms. The van der Waals surface area contributed by atoms with E-state index in [1.54, 1.807) is 18.7 Å². The zero-order valence-corrected chi connectivity index (χ0v) is 21.0. The first-order valence-electron chi connectivity index (χ1n) is 11.3. The third-order valence-corrected chi connectivity index (χ3v) is 6.01. The fourth-order valence-electron chi connectivity index (χ4n) is 3.03. The number of aliphatic carboxylic acids is 1. The molecule has 0 aliphatic carbocycles. The van der Waals surface area contributed by atoms with E-state index in [0.717, 1.165) is 0 Å². The van der Waals surface area contributed by atoms with Gasteiger partial charge in [-0.1, -0.05) is 20.3 Å². The van der Waals surface area contributed by atoms with Gasteiger partial charge in [-0.3, -0.25) is 19.2 Å². The summed E-state index contributed by atoms with van der Waals surface area (Å²) in [6.45, 7) is 4.02. The van der Waals surface area contributed by atoms with E-state index in [9.17, 15) is 29.1 Å². The predicted molar refractivity (Wildman–Crippen MR) is 131 cm³/mol. The van der Waals surface area contributed by atoms with Crippen LogP contribution in [-0.2, 0) is 24.0 Å². The molecular formula is C21H40N6O6S. The van der Waals surface area contributed by atoms with E-state index in [1.807, 2.05) is 13.2 Å². The minimum Gasteiger partial charge on any atom is -0.480 e. The number of rotatable bonds is 18. The van der Waals surface area contributed by atoms with Crippen molar-refractivity contribution in [2.75, 3.05) is 18.6 Å². The normalized spacial score (nSPS) is 15.3. The summed E-state index contributed by atoms with van der Waals surface area (Å²) in [4.78, 5) is 60.9. The predicted octanol–water partition coefficient (Wildman–Crippen LogP) is -1.34. The maximum Gasteiger partial charge on any atom is 0.326 e. The number of carboxylic acids is 1. The lowest BCUT2D eigenvalue weighted by atomic mass is 9.97. The standard InChI is InChI=1S/C21H40N6O6S/c1-4-12(2)17(27-18(29)13(23)8-10-34-3)20(31)25-14(7-5-6-9-22)19(30)26-15(21(32)33)11-16(24)28/h12-15,17H,4-11,22-23H2,1-3H3,(H2,24,28)(H,25,31)(H,26,30)(H,27,29)(H,32,33).